The average Bonchev–Trinajstić information content (AvgIpc) is 2.42. The molecule has 1 aliphatic heterocycles. The van der Waals surface area contributed by atoms with Crippen molar-refractivity contribution < 1.29 is 5.11 Å². The fraction of sp³-hybridized carbons (Fsp3) is 1.00. The molecule has 2 aliphatic rings. The third-order valence-corrected chi connectivity index (χ3v) is 4.62. The van der Waals surface area contributed by atoms with Gasteiger partial charge in [0.25, 0.3) is 0 Å². The van der Waals surface area contributed by atoms with Crippen LogP contribution >= 0.6 is 0 Å². The highest BCUT2D eigenvalue weighted by atomic mass is 16.3. The summed E-state index contributed by atoms with van der Waals surface area (Å²) in [6.45, 7) is 5.44. The van der Waals surface area contributed by atoms with E-state index in [4.69, 9.17) is 0 Å². The van der Waals surface area contributed by atoms with Gasteiger partial charge >= 0.3 is 0 Å². The van der Waals surface area contributed by atoms with Crippen LogP contribution in [0.5, 0.6) is 0 Å². The zero-order valence-corrected chi connectivity index (χ0v) is 10.4. The molecule has 0 bridgehead atoms. The molecule has 1 saturated carbocycles. The Kier molecular flexibility index (Phi) is 3.09. The van der Waals surface area contributed by atoms with E-state index in [1.165, 1.54) is 25.7 Å². The largest absolute Gasteiger partial charge is 0.388 e. The number of aliphatic hydroxyl groups is 1. The summed E-state index contributed by atoms with van der Waals surface area (Å²) in [5.41, 5.74) is -0.386. The van der Waals surface area contributed by atoms with Gasteiger partial charge in [-0.15, -0.1) is 0 Å². The normalized spacial score (nSPS) is 48.4. The maximum Gasteiger partial charge on any atom is 0.0816 e. The number of nitrogens with zero attached hydrogens (tertiary/aromatic N) is 1. The van der Waals surface area contributed by atoms with Crippen LogP contribution in [0.2, 0.25) is 0 Å². The van der Waals surface area contributed by atoms with E-state index in [1.54, 1.807) is 0 Å². The average molecular weight is 211 g/mol. The van der Waals surface area contributed by atoms with Crippen LogP contribution in [-0.2, 0) is 0 Å². The van der Waals surface area contributed by atoms with E-state index in [0.717, 1.165) is 18.9 Å². The predicted octanol–water partition coefficient (Wildman–Crippen LogP) is 2.27. The molecule has 2 rings (SSSR count). The van der Waals surface area contributed by atoms with Gasteiger partial charge in [0.05, 0.1) is 5.60 Å². The Morgan fingerprint density at radius 3 is 2.53 bits per heavy atom. The van der Waals surface area contributed by atoms with Gasteiger partial charge < -0.3 is 10.0 Å². The van der Waals surface area contributed by atoms with Gasteiger partial charge in [0.2, 0.25) is 0 Å². The second-order valence-electron chi connectivity index (χ2n) is 6.04. The molecule has 2 nitrogen and oxygen atoms in total. The van der Waals surface area contributed by atoms with E-state index in [2.05, 4.69) is 25.8 Å². The molecule has 88 valence electrons. The van der Waals surface area contributed by atoms with Crippen LogP contribution in [0.4, 0.5) is 0 Å². The van der Waals surface area contributed by atoms with E-state index < -0.39 is 0 Å². The lowest BCUT2D eigenvalue weighted by Gasteiger charge is -2.37. The molecular weight excluding hydrogens is 186 g/mol. The molecule has 1 heterocycles. The molecule has 1 saturated heterocycles. The first kappa shape index (κ1) is 11.4. The van der Waals surface area contributed by atoms with Crippen molar-refractivity contribution in [2.75, 3.05) is 13.6 Å². The first-order valence-corrected chi connectivity index (χ1v) is 6.44. The minimum absolute atomic E-state index is 0.386. The first-order chi connectivity index (χ1) is 7.01. The van der Waals surface area contributed by atoms with Crippen LogP contribution in [0.15, 0.2) is 0 Å². The summed E-state index contributed by atoms with van der Waals surface area (Å²) in [6.07, 6.45) is 6.11. The summed E-state index contributed by atoms with van der Waals surface area (Å²) in [5, 5.41) is 10.7. The highest BCUT2D eigenvalue weighted by Crippen LogP contribution is 2.41. The van der Waals surface area contributed by atoms with E-state index in [0.29, 0.717) is 12.0 Å². The molecule has 4 atom stereocenters. The van der Waals surface area contributed by atoms with Gasteiger partial charge in [0.15, 0.2) is 0 Å². The van der Waals surface area contributed by atoms with Crippen molar-refractivity contribution >= 4 is 0 Å². The van der Waals surface area contributed by atoms with Gasteiger partial charge in [0, 0.05) is 12.6 Å². The Balaban J connectivity index is 2.03. The number of hydrogen-bond acceptors (Lipinski definition) is 2. The number of β-amino-alcohol motifs (C(OH)–C–C–N with tert-alkyl or cyclic N) is 1. The zero-order chi connectivity index (χ0) is 11.1. The van der Waals surface area contributed by atoms with Gasteiger partial charge in [0.1, 0.15) is 0 Å². The van der Waals surface area contributed by atoms with Crippen LogP contribution in [0.25, 0.3) is 0 Å². The van der Waals surface area contributed by atoms with Crippen molar-refractivity contribution in [2.45, 2.75) is 57.6 Å². The Hall–Kier alpha value is -0.0800. The molecule has 0 spiro atoms. The Bertz CT molecular complexity index is 219. The second-order valence-corrected chi connectivity index (χ2v) is 6.04. The van der Waals surface area contributed by atoms with E-state index in [-0.39, 0.29) is 5.60 Å². The SMILES string of the molecule is CC1CCCC(C2(O)CC(C)N(C)C2)C1. The maximum atomic E-state index is 10.7. The summed E-state index contributed by atoms with van der Waals surface area (Å²) >= 11 is 0. The zero-order valence-electron chi connectivity index (χ0n) is 10.4. The van der Waals surface area contributed by atoms with Gasteiger partial charge in [-0.25, -0.2) is 0 Å². The highest BCUT2D eigenvalue weighted by molar-refractivity contribution is 4.99. The Labute approximate surface area is 93.7 Å². The monoisotopic (exact) mass is 211 g/mol. The van der Waals surface area contributed by atoms with Gasteiger partial charge in [-0.05, 0) is 45.1 Å². The number of likely N-dealkylation sites (tertiary alicyclic amines) is 1. The van der Waals surface area contributed by atoms with Crippen molar-refractivity contribution in [3.05, 3.63) is 0 Å². The van der Waals surface area contributed by atoms with E-state index in [1.807, 2.05) is 0 Å². The fourth-order valence-corrected chi connectivity index (χ4v) is 3.54. The smallest absolute Gasteiger partial charge is 0.0816 e. The van der Waals surface area contributed by atoms with E-state index in [9.17, 15) is 5.11 Å². The number of likely N-dealkylation sites (N-methyl/N-ethyl adjacent to an activating group) is 1. The minimum Gasteiger partial charge on any atom is -0.388 e. The standard InChI is InChI=1S/C13H25NO/c1-10-5-4-6-12(7-10)13(15)8-11(2)14(3)9-13/h10-12,15H,4-9H2,1-3H3. The fourth-order valence-electron chi connectivity index (χ4n) is 3.54. The molecule has 0 radical (unpaired) electrons. The van der Waals surface area contributed by atoms with Crippen molar-refractivity contribution in [1.29, 1.82) is 0 Å². The molecule has 2 heteroatoms. The van der Waals surface area contributed by atoms with Crippen molar-refractivity contribution in [3.8, 4) is 0 Å². The molecule has 0 aromatic heterocycles. The highest BCUT2D eigenvalue weighted by Gasteiger charge is 2.45. The van der Waals surface area contributed by atoms with Crippen molar-refractivity contribution in [3.63, 3.8) is 0 Å². The molecule has 1 N–H and O–H groups in total. The molecule has 15 heavy (non-hydrogen) atoms. The van der Waals surface area contributed by atoms with Crippen LogP contribution < -0.4 is 0 Å². The molecular formula is C13H25NO. The molecule has 0 amide bonds. The Morgan fingerprint density at radius 2 is 2.00 bits per heavy atom. The molecule has 2 fully saturated rings. The first-order valence-electron chi connectivity index (χ1n) is 6.44. The predicted molar refractivity (Wildman–Crippen MR) is 62.8 cm³/mol. The number of rotatable bonds is 1. The van der Waals surface area contributed by atoms with Gasteiger partial charge in [-0.1, -0.05) is 19.8 Å². The quantitative estimate of drug-likeness (QED) is 0.719. The van der Waals surface area contributed by atoms with Crippen LogP contribution in [0, 0.1) is 11.8 Å². The van der Waals surface area contributed by atoms with E-state index >= 15 is 0 Å². The maximum absolute atomic E-state index is 10.7. The summed E-state index contributed by atoms with van der Waals surface area (Å²) in [4.78, 5) is 2.30. The van der Waals surface area contributed by atoms with Gasteiger partial charge in [-0.3, -0.25) is 0 Å². The van der Waals surface area contributed by atoms with Crippen LogP contribution in [-0.4, -0.2) is 35.2 Å². The minimum atomic E-state index is -0.386. The third kappa shape index (κ3) is 2.21. The lowest BCUT2D eigenvalue weighted by molar-refractivity contribution is -0.0297. The van der Waals surface area contributed by atoms with Crippen LogP contribution in [0.3, 0.4) is 0 Å². The van der Waals surface area contributed by atoms with Crippen molar-refractivity contribution in [2.24, 2.45) is 11.8 Å². The molecule has 0 aromatic rings. The lowest BCUT2D eigenvalue weighted by atomic mass is 9.72. The third-order valence-electron chi connectivity index (χ3n) is 4.62. The number of hydrogen-bond donors (Lipinski definition) is 1. The van der Waals surface area contributed by atoms with Crippen LogP contribution in [0.1, 0.15) is 46.0 Å². The lowest BCUT2D eigenvalue weighted by Crippen LogP contribution is -2.42. The Morgan fingerprint density at radius 1 is 1.27 bits per heavy atom. The summed E-state index contributed by atoms with van der Waals surface area (Å²) in [5.74, 6) is 1.36. The molecule has 0 aromatic carbocycles. The van der Waals surface area contributed by atoms with Gasteiger partial charge in [-0.2, -0.15) is 0 Å². The summed E-state index contributed by atoms with van der Waals surface area (Å²) in [7, 11) is 2.13. The second kappa shape index (κ2) is 4.06. The summed E-state index contributed by atoms with van der Waals surface area (Å²) < 4.78 is 0. The topological polar surface area (TPSA) is 23.5 Å². The summed E-state index contributed by atoms with van der Waals surface area (Å²) in [6, 6.07) is 0.548. The molecule has 4 unspecified atom stereocenters. The molecule has 1 aliphatic carbocycles. The van der Waals surface area contributed by atoms with Crippen molar-refractivity contribution in [1.82, 2.24) is 4.90 Å².